The Morgan fingerprint density at radius 3 is 2.39 bits per heavy atom. The molecule has 1 aromatic rings. The normalized spacial score (nSPS) is 17.6. The number of rotatable bonds is 4. The number of hydrogen-bond donors (Lipinski definition) is 1. The van der Waals surface area contributed by atoms with Crippen LogP contribution in [0, 0.1) is 0 Å². The van der Waals surface area contributed by atoms with Crippen molar-refractivity contribution in [2.75, 3.05) is 31.0 Å². The van der Waals surface area contributed by atoms with Crippen molar-refractivity contribution < 1.29 is 13.2 Å². The Hall–Kier alpha value is -0.630. The summed E-state index contributed by atoms with van der Waals surface area (Å²) in [6.45, 7) is 1.69. The van der Waals surface area contributed by atoms with Gasteiger partial charge < -0.3 is 4.74 Å². The lowest BCUT2D eigenvalue weighted by atomic mass is 10.2. The fraction of sp³-hybridized carbons (Fsp3) is 0.455. The zero-order chi connectivity index (χ0) is 13.0. The third-order valence-corrected chi connectivity index (χ3v) is 4.85. The van der Waals surface area contributed by atoms with Gasteiger partial charge in [0.1, 0.15) is 0 Å². The van der Waals surface area contributed by atoms with Crippen molar-refractivity contribution in [3.63, 3.8) is 0 Å². The lowest BCUT2D eigenvalue weighted by Crippen LogP contribution is -2.43. The van der Waals surface area contributed by atoms with E-state index in [1.807, 2.05) is 12.1 Å². The summed E-state index contributed by atoms with van der Waals surface area (Å²) in [7, 11) is -3.46. The number of nitrogens with one attached hydrogen (secondary N) is 1. The Labute approximate surface area is 115 Å². The Morgan fingerprint density at radius 2 is 1.83 bits per heavy atom. The minimum atomic E-state index is -3.46. The van der Waals surface area contributed by atoms with E-state index in [0.29, 0.717) is 32.0 Å². The van der Waals surface area contributed by atoms with Crippen LogP contribution >= 0.6 is 15.9 Å². The van der Waals surface area contributed by atoms with Crippen molar-refractivity contribution in [3.05, 3.63) is 29.8 Å². The molecule has 0 radical (unpaired) electrons. The minimum absolute atomic E-state index is 0.398. The molecule has 100 valence electrons. The molecule has 1 heterocycles. The van der Waals surface area contributed by atoms with Crippen LogP contribution in [0.1, 0.15) is 5.56 Å². The Bertz CT molecular complexity index is 484. The molecule has 1 aliphatic rings. The molecule has 1 aliphatic heterocycles. The van der Waals surface area contributed by atoms with Crippen molar-refractivity contribution in [3.8, 4) is 0 Å². The maximum Gasteiger partial charge on any atom is 0.301 e. The van der Waals surface area contributed by atoms with Crippen LogP contribution in [0.15, 0.2) is 24.3 Å². The van der Waals surface area contributed by atoms with Crippen LogP contribution in [0.2, 0.25) is 0 Å². The van der Waals surface area contributed by atoms with Gasteiger partial charge in [0.2, 0.25) is 0 Å². The summed E-state index contributed by atoms with van der Waals surface area (Å²) in [6.07, 6.45) is 0. The zero-order valence-electron chi connectivity index (χ0n) is 9.80. The predicted molar refractivity (Wildman–Crippen MR) is 74.0 cm³/mol. The summed E-state index contributed by atoms with van der Waals surface area (Å²) < 4.78 is 33.2. The number of anilines is 1. The highest BCUT2D eigenvalue weighted by Crippen LogP contribution is 2.15. The number of benzene rings is 1. The molecule has 0 aromatic heterocycles. The van der Waals surface area contributed by atoms with Crippen molar-refractivity contribution >= 4 is 31.8 Å². The Kier molecular flexibility index (Phi) is 4.60. The molecule has 0 amide bonds. The largest absolute Gasteiger partial charge is 0.379 e. The average Bonchev–Trinajstić information content (AvgIpc) is 2.40. The highest BCUT2D eigenvalue weighted by atomic mass is 79.9. The van der Waals surface area contributed by atoms with Gasteiger partial charge in [-0.25, -0.2) is 0 Å². The number of halogens is 1. The molecular weight excluding hydrogens is 320 g/mol. The van der Waals surface area contributed by atoms with Gasteiger partial charge in [0.05, 0.1) is 13.2 Å². The van der Waals surface area contributed by atoms with Gasteiger partial charge in [0.15, 0.2) is 0 Å². The van der Waals surface area contributed by atoms with Crippen molar-refractivity contribution in [2.45, 2.75) is 5.33 Å². The molecule has 0 aliphatic carbocycles. The van der Waals surface area contributed by atoms with Gasteiger partial charge in [-0.2, -0.15) is 12.7 Å². The summed E-state index contributed by atoms with van der Waals surface area (Å²) in [5.74, 6) is 0. The second-order valence-corrected chi connectivity index (χ2v) is 6.18. The molecule has 0 atom stereocenters. The molecule has 1 aromatic carbocycles. The molecular formula is C11H15BrN2O3S. The molecule has 0 bridgehead atoms. The van der Waals surface area contributed by atoms with Crippen molar-refractivity contribution in [1.82, 2.24) is 4.31 Å². The quantitative estimate of drug-likeness (QED) is 0.850. The summed E-state index contributed by atoms with van der Waals surface area (Å²) >= 11 is 3.35. The third-order valence-electron chi connectivity index (χ3n) is 2.67. The van der Waals surface area contributed by atoms with E-state index < -0.39 is 10.2 Å². The van der Waals surface area contributed by atoms with Crippen LogP contribution in [-0.2, 0) is 20.3 Å². The van der Waals surface area contributed by atoms with E-state index in [-0.39, 0.29) is 0 Å². The molecule has 7 heteroatoms. The average molecular weight is 335 g/mol. The molecule has 18 heavy (non-hydrogen) atoms. The monoisotopic (exact) mass is 334 g/mol. The van der Waals surface area contributed by atoms with Crippen LogP contribution in [0.5, 0.6) is 0 Å². The second-order valence-electron chi connectivity index (χ2n) is 3.95. The highest BCUT2D eigenvalue weighted by molar-refractivity contribution is 9.08. The molecule has 1 saturated heterocycles. The summed E-state index contributed by atoms with van der Waals surface area (Å²) in [5.41, 5.74) is 1.68. The fourth-order valence-corrected chi connectivity index (χ4v) is 3.23. The number of morpholine rings is 1. The topological polar surface area (TPSA) is 58.6 Å². The van der Waals surface area contributed by atoms with Crippen LogP contribution in [0.4, 0.5) is 5.69 Å². The van der Waals surface area contributed by atoms with E-state index in [1.54, 1.807) is 12.1 Å². The van der Waals surface area contributed by atoms with Crippen molar-refractivity contribution in [1.29, 1.82) is 0 Å². The first-order valence-corrected chi connectivity index (χ1v) is 8.18. The summed E-state index contributed by atoms with van der Waals surface area (Å²) in [6, 6.07) is 7.28. The first kappa shape index (κ1) is 13.8. The molecule has 2 rings (SSSR count). The standard InChI is InChI=1S/C11H15BrN2O3S/c12-9-10-1-3-11(4-2-10)13-18(15,16)14-5-7-17-8-6-14/h1-4,13H,5-9H2. The van der Waals surface area contributed by atoms with E-state index in [2.05, 4.69) is 20.7 Å². The predicted octanol–water partition coefficient (Wildman–Crippen LogP) is 1.57. The van der Waals surface area contributed by atoms with Gasteiger partial charge in [0.25, 0.3) is 0 Å². The summed E-state index contributed by atoms with van der Waals surface area (Å²) in [4.78, 5) is 0. The smallest absolute Gasteiger partial charge is 0.301 e. The third kappa shape index (κ3) is 3.44. The van der Waals surface area contributed by atoms with E-state index in [1.165, 1.54) is 4.31 Å². The highest BCUT2D eigenvalue weighted by Gasteiger charge is 2.23. The maximum absolute atomic E-state index is 12.1. The fourth-order valence-electron chi connectivity index (χ4n) is 1.66. The van der Waals surface area contributed by atoms with Gasteiger partial charge in [-0.15, -0.1) is 0 Å². The molecule has 0 unspecified atom stereocenters. The van der Waals surface area contributed by atoms with Crippen LogP contribution < -0.4 is 4.72 Å². The van der Waals surface area contributed by atoms with Gasteiger partial charge >= 0.3 is 10.2 Å². The van der Waals surface area contributed by atoms with E-state index in [9.17, 15) is 8.42 Å². The van der Waals surface area contributed by atoms with Gasteiger partial charge in [-0.3, -0.25) is 4.72 Å². The maximum atomic E-state index is 12.1. The van der Waals surface area contributed by atoms with Crippen LogP contribution in [0.25, 0.3) is 0 Å². The SMILES string of the molecule is O=S(=O)(Nc1ccc(CBr)cc1)N1CCOCC1. The lowest BCUT2D eigenvalue weighted by molar-refractivity contribution is 0.0733. The molecule has 5 nitrogen and oxygen atoms in total. The van der Waals surface area contributed by atoms with Crippen molar-refractivity contribution in [2.24, 2.45) is 0 Å². The minimum Gasteiger partial charge on any atom is -0.379 e. The molecule has 1 fully saturated rings. The van der Waals surface area contributed by atoms with E-state index in [4.69, 9.17) is 4.74 Å². The number of hydrogen-bond acceptors (Lipinski definition) is 3. The zero-order valence-corrected chi connectivity index (χ0v) is 12.2. The van der Waals surface area contributed by atoms with Gasteiger partial charge in [0, 0.05) is 24.1 Å². The number of alkyl halides is 1. The molecule has 0 spiro atoms. The Balaban J connectivity index is 2.06. The first-order chi connectivity index (χ1) is 8.62. The van der Waals surface area contributed by atoms with Crippen LogP contribution in [-0.4, -0.2) is 39.0 Å². The second kappa shape index (κ2) is 6.01. The van der Waals surface area contributed by atoms with E-state index >= 15 is 0 Å². The lowest BCUT2D eigenvalue weighted by Gasteiger charge is -2.26. The number of nitrogens with zero attached hydrogens (tertiary/aromatic N) is 1. The van der Waals surface area contributed by atoms with Gasteiger partial charge in [-0.1, -0.05) is 28.1 Å². The van der Waals surface area contributed by atoms with Gasteiger partial charge in [-0.05, 0) is 17.7 Å². The molecule has 1 N–H and O–H groups in total. The number of ether oxygens (including phenoxy) is 1. The molecule has 0 saturated carbocycles. The first-order valence-electron chi connectivity index (χ1n) is 5.62. The van der Waals surface area contributed by atoms with Crippen LogP contribution in [0.3, 0.4) is 0 Å². The van der Waals surface area contributed by atoms with E-state index in [0.717, 1.165) is 10.9 Å². The Morgan fingerprint density at radius 1 is 1.22 bits per heavy atom. The summed E-state index contributed by atoms with van der Waals surface area (Å²) in [5, 5.41) is 0.753.